The Labute approximate surface area is 100 Å². The third-order valence-corrected chi connectivity index (χ3v) is 2.76. The van der Waals surface area contributed by atoms with Gasteiger partial charge in [0.05, 0.1) is 0 Å². The minimum Gasteiger partial charge on any atom is -0.354 e. The van der Waals surface area contributed by atoms with Gasteiger partial charge in [0.2, 0.25) is 5.91 Å². The van der Waals surface area contributed by atoms with Crippen molar-refractivity contribution in [2.75, 3.05) is 6.54 Å². The van der Waals surface area contributed by atoms with E-state index in [0.717, 1.165) is 13.0 Å². The van der Waals surface area contributed by atoms with Crippen molar-refractivity contribution in [1.82, 2.24) is 10.6 Å². The normalized spacial score (nSPS) is 14.9. The molecule has 0 rings (SSSR count). The van der Waals surface area contributed by atoms with Crippen LogP contribution in [0.15, 0.2) is 0 Å². The highest BCUT2D eigenvalue weighted by atomic mass is 16.1. The summed E-state index contributed by atoms with van der Waals surface area (Å²) in [5.41, 5.74) is 0. The van der Waals surface area contributed by atoms with E-state index in [-0.39, 0.29) is 5.91 Å². The summed E-state index contributed by atoms with van der Waals surface area (Å²) in [6, 6.07) is 0.742. The van der Waals surface area contributed by atoms with E-state index in [1.54, 1.807) is 0 Å². The van der Waals surface area contributed by atoms with Crippen molar-refractivity contribution in [3.63, 3.8) is 0 Å². The van der Waals surface area contributed by atoms with E-state index in [1.807, 2.05) is 0 Å². The smallest absolute Gasteiger partial charge is 0.221 e. The van der Waals surface area contributed by atoms with Gasteiger partial charge in [-0.15, -0.1) is 0 Å². The van der Waals surface area contributed by atoms with Gasteiger partial charge in [0.15, 0.2) is 0 Å². The highest BCUT2D eigenvalue weighted by Crippen LogP contribution is 2.09. The van der Waals surface area contributed by atoms with Crippen LogP contribution < -0.4 is 10.6 Å². The number of rotatable bonds is 8. The lowest BCUT2D eigenvalue weighted by Gasteiger charge is -2.17. The fourth-order valence-electron chi connectivity index (χ4n) is 1.65. The van der Waals surface area contributed by atoms with Crippen LogP contribution in [0.25, 0.3) is 0 Å². The molecule has 0 aliphatic rings. The van der Waals surface area contributed by atoms with Crippen LogP contribution in [-0.2, 0) is 4.79 Å². The molecule has 0 radical (unpaired) electrons. The fourth-order valence-corrected chi connectivity index (χ4v) is 1.65. The van der Waals surface area contributed by atoms with Crippen LogP contribution in [0.4, 0.5) is 0 Å². The molecule has 0 aromatic heterocycles. The molecular formula is C13H28N2O. The number of carbonyl (C=O) groups excluding carboxylic acids is 1. The van der Waals surface area contributed by atoms with Crippen LogP contribution in [0.5, 0.6) is 0 Å². The van der Waals surface area contributed by atoms with E-state index in [4.69, 9.17) is 0 Å². The Morgan fingerprint density at radius 2 is 1.81 bits per heavy atom. The first-order valence-corrected chi connectivity index (χ1v) is 6.48. The molecule has 0 saturated heterocycles. The van der Waals surface area contributed by atoms with Crippen molar-refractivity contribution >= 4 is 5.91 Å². The Morgan fingerprint density at radius 1 is 1.19 bits per heavy atom. The second-order valence-electron chi connectivity index (χ2n) is 5.08. The molecule has 0 aliphatic heterocycles. The minimum atomic E-state index is 0.156. The van der Waals surface area contributed by atoms with Gasteiger partial charge < -0.3 is 10.6 Å². The number of nitrogens with one attached hydrogen (secondary N) is 2. The molecule has 1 amide bonds. The summed E-state index contributed by atoms with van der Waals surface area (Å²) < 4.78 is 0. The second kappa shape index (κ2) is 8.57. The molecular weight excluding hydrogens is 200 g/mol. The molecule has 0 fully saturated rings. The van der Waals surface area contributed by atoms with Crippen molar-refractivity contribution in [2.45, 2.75) is 66.0 Å². The molecule has 3 nitrogen and oxygen atoms in total. The molecule has 3 heteroatoms. The molecule has 0 spiro atoms. The number of carbonyl (C=O) groups is 1. The summed E-state index contributed by atoms with van der Waals surface area (Å²) in [4.78, 5) is 11.6. The average Bonchev–Trinajstić information content (AvgIpc) is 2.16. The average molecular weight is 228 g/mol. The Kier molecular flexibility index (Phi) is 8.26. The molecule has 96 valence electrons. The number of amides is 1. The molecule has 2 N–H and O–H groups in total. The van der Waals surface area contributed by atoms with Crippen LogP contribution >= 0.6 is 0 Å². The van der Waals surface area contributed by atoms with E-state index in [1.165, 1.54) is 6.42 Å². The summed E-state index contributed by atoms with van der Waals surface area (Å²) >= 11 is 0. The van der Waals surface area contributed by atoms with Crippen molar-refractivity contribution < 1.29 is 4.79 Å². The van der Waals surface area contributed by atoms with Gasteiger partial charge in [-0.3, -0.25) is 4.79 Å². The summed E-state index contributed by atoms with van der Waals surface area (Å²) in [5, 5.41) is 6.28. The zero-order chi connectivity index (χ0) is 12.6. The zero-order valence-corrected chi connectivity index (χ0v) is 11.5. The van der Waals surface area contributed by atoms with Gasteiger partial charge in [0.25, 0.3) is 0 Å². The van der Waals surface area contributed by atoms with Gasteiger partial charge in [0, 0.05) is 25.0 Å². The van der Waals surface area contributed by atoms with Gasteiger partial charge in [-0.25, -0.2) is 0 Å². The van der Waals surface area contributed by atoms with Crippen LogP contribution in [-0.4, -0.2) is 24.5 Å². The van der Waals surface area contributed by atoms with Crippen LogP contribution in [0.3, 0.4) is 0 Å². The molecule has 2 atom stereocenters. The molecule has 0 aromatic rings. The Bertz CT molecular complexity index is 192. The van der Waals surface area contributed by atoms with E-state index < -0.39 is 0 Å². The lowest BCUT2D eigenvalue weighted by molar-refractivity contribution is -0.121. The van der Waals surface area contributed by atoms with Gasteiger partial charge >= 0.3 is 0 Å². The van der Waals surface area contributed by atoms with Gasteiger partial charge in [-0.1, -0.05) is 34.1 Å². The number of hydrogen-bond donors (Lipinski definition) is 2. The van der Waals surface area contributed by atoms with Crippen molar-refractivity contribution in [1.29, 1.82) is 0 Å². The van der Waals surface area contributed by atoms with E-state index in [9.17, 15) is 4.79 Å². The highest BCUT2D eigenvalue weighted by Gasteiger charge is 2.10. The summed E-state index contributed by atoms with van der Waals surface area (Å²) in [6.45, 7) is 11.4. The maximum atomic E-state index is 11.6. The summed E-state index contributed by atoms with van der Waals surface area (Å²) in [7, 11) is 0. The van der Waals surface area contributed by atoms with Crippen molar-refractivity contribution in [3.8, 4) is 0 Å². The third-order valence-electron chi connectivity index (χ3n) is 2.76. The van der Waals surface area contributed by atoms with Crippen molar-refractivity contribution in [2.24, 2.45) is 5.92 Å². The van der Waals surface area contributed by atoms with E-state index in [2.05, 4.69) is 45.3 Å². The molecule has 0 aliphatic carbocycles. The summed E-state index contributed by atoms with van der Waals surface area (Å²) in [6.07, 6.45) is 2.82. The largest absolute Gasteiger partial charge is 0.354 e. The first-order valence-electron chi connectivity index (χ1n) is 6.48. The van der Waals surface area contributed by atoms with E-state index in [0.29, 0.717) is 24.4 Å². The Balaban J connectivity index is 3.62. The lowest BCUT2D eigenvalue weighted by atomic mass is 10.0. The Hall–Kier alpha value is -0.570. The fraction of sp³-hybridized carbons (Fsp3) is 0.923. The predicted molar refractivity (Wildman–Crippen MR) is 69.4 cm³/mol. The van der Waals surface area contributed by atoms with Gasteiger partial charge in [0.1, 0.15) is 0 Å². The SMILES string of the molecule is CCC(C)CC(C)NC(=O)CCNC(C)C. The zero-order valence-electron chi connectivity index (χ0n) is 11.5. The molecule has 0 aromatic carbocycles. The maximum absolute atomic E-state index is 11.6. The second-order valence-corrected chi connectivity index (χ2v) is 5.08. The van der Waals surface area contributed by atoms with Gasteiger partial charge in [-0.05, 0) is 19.3 Å². The van der Waals surface area contributed by atoms with E-state index >= 15 is 0 Å². The minimum absolute atomic E-state index is 0.156. The number of hydrogen-bond acceptors (Lipinski definition) is 2. The first-order chi connectivity index (χ1) is 7.45. The first kappa shape index (κ1) is 15.4. The standard InChI is InChI=1S/C13H28N2O/c1-6-11(4)9-12(5)15-13(16)7-8-14-10(2)3/h10-12,14H,6-9H2,1-5H3,(H,15,16). The quantitative estimate of drug-likeness (QED) is 0.669. The maximum Gasteiger partial charge on any atom is 0.221 e. The van der Waals surface area contributed by atoms with Crippen LogP contribution in [0.1, 0.15) is 53.9 Å². The Morgan fingerprint density at radius 3 is 2.31 bits per heavy atom. The highest BCUT2D eigenvalue weighted by molar-refractivity contribution is 5.76. The van der Waals surface area contributed by atoms with Crippen LogP contribution in [0, 0.1) is 5.92 Å². The summed E-state index contributed by atoms with van der Waals surface area (Å²) in [5.74, 6) is 0.841. The van der Waals surface area contributed by atoms with Gasteiger partial charge in [-0.2, -0.15) is 0 Å². The monoisotopic (exact) mass is 228 g/mol. The third kappa shape index (κ3) is 8.72. The van der Waals surface area contributed by atoms with Crippen LogP contribution in [0.2, 0.25) is 0 Å². The predicted octanol–water partition coefficient (Wildman–Crippen LogP) is 2.32. The molecule has 0 saturated carbocycles. The lowest BCUT2D eigenvalue weighted by Crippen LogP contribution is -2.36. The molecule has 2 unspecified atom stereocenters. The topological polar surface area (TPSA) is 41.1 Å². The van der Waals surface area contributed by atoms with Crippen molar-refractivity contribution in [3.05, 3.63) is 0 Å². The molecule has 0 heterocycles. The molecule has 0 bridgehead atoms. The molecule has 16 heavy (non-hydrogen) atoms.